The molecule has 5 nitrogen and oxygen atoms in total. The molecule has 3 aromatic rings. The third-order valence-electron chi connectivity index (χ3n) is 3.24. The zero-order chi connectivity index (χ0) is 17.5. The molecule has 0 unspecified atom stereocenters. The molecular weight excluding hydrogens is 363 g/mol. The number of nitrogens with zero attached hydrogens (tertiary/aromatic N) is 5. The molecule has 0 N–H and O–H groups in total. The third-order valence-corrected chi connectivity index (χ3v) is 4.38. The summed E-state index contributed by atoms with van der Waals surface area (Å²) in [6, 6.07) is 4.35. The summed E-state index contributed by atoms with van der Waals surface area (Å²) in [5.74, 6) is 1.19. The number of fused-ring (bicyclic) bond motifs is 1. The lowest BCUT2D eigenvalue weighted by Gasteiger charge is -2.07. The third kappa shape index (κ3) is 3.05. The van der Waals surface area contributed by atoms with E-state index in [1.807, 2.05) is 13.0 Å². The first kappa shape index (κ1) is 17.0. The molecule has 3 heterocycles. The van der Waals surface area contributed by atoms with Crippen LogP contribution in [0.4, 0.5) is 13.2 Å². The smallest absolute Gasteiger partial charge is 0.309 e. The zero-order valence-corrected chi connectivity index (χ0v) is 14.2. The normalized spacial score (nSPS) is 12.1. The summed E-state index contributed by atoms with van der Waals surface area (Å²) in [7, 11) is 1.65. The molecule has 10 heteroatoms. The van der Waals surface area contributed by atoms with E-state index in [1.165, 1.54) is 0 Å². The monoisotopic (exact) mass is 373 g/mol. The zero-order valence-electron chi connectivity index (χ0n) is 12.6. The number of aromatic nitrogens is 5. The molecule has 126 valence electrons. The molecule has 0 saturated carbocycles. The van der Waals surface area contributed by atoms with Gasteiger partial charge in [-0.2, -0.15) is 13.2 Å². The second-order valence-electron chi connectivity index (χ2n) is 4.84. The van der Waals surface area contributed by atoms with Crippen molar-refractivity contribution >= 4 is 34.5 Å². The number of hydrogen-bond acceptors (Lipinski definition) is 5. The van der Waals surface area contributed by atoms with Gasteiger partial charge in [0.25, 0.3) is 0 Å². The molecule has 24 heavy (non-hydrogen) atoms. The number of hydrogen-bond donors (Lipinski definition) is 0. The van der Waals surface area contributed by atoms with Crippen LogP contribution in [-0.4, -0.2) is 30.5 Å². The van der Waals surface area contributed by atoms with Crippen LogP contribution in [0.1, 0.15) is 12.6 Å². The standard InChI is InChI=1S/C14H11ClF3N5S/c1-3-24-8-4-5-10(15)20-11(8)13-19-7-6-9(14(16,17)18)21-22-12(7)23(13)2/h4-6H,3H2,1-2H3. The Labute approximate surface area is 144 Å². The first-order valence-corrected chi connectivity index (χ1v) is 8.24. The van der Waals surface area contributed by atoms with Crippen molar-refractivity contribution in [2.24, 2.45) is 7.05 Å². The largest absolute Gasteiger partial charge is 0.435 e. The summed E-state index contributed by atoms with van der Waals surface area (Å²) in [4.78, 5) is 9.38. The van der Waals surface area contributed by atoms with Gasteiger partial charge in [-0.25, -0.2) is 9.97 Å². The van der Waals surface area contributed by atoms with Gasteiger partial charge in [-0.1, -0.05) is 18.5 Å². The molecule has 0 radical (unpaired) electrons. The van der Waals surface area contributed by atoms with Crippen molar-refractivity contribution in [3.8, 4) is 11.5 Å². The Bertz CT molecular complexity index is 909. The van der Waals surface area contributed by atoms with Gasteiger partial charge < -0.3 is 4.57 Å². The van der Waals surface area contributed by atoms with Crippen LogP contribution in [0.5, 0.6) is 0 Å². The van der Waals surface area contributed by atoms with Crippen LogP contribution in [-0.2, 0) is 13.2 Å². The Kier molecular flexibility index (Phi) is 4.39. The summed E-state index contributed by atoms with van der Waals surface area (Å²) in [6.45, 7) is 1.99. The van der Waals surface area contributed by atoms with E-state index in [0.29, 0.717) is 11.5 Å². The lowest BCUT2D eigenvalue weighted by molar-refractivity contribution is -0.141. The fraction of sp³-hybridized carbons (Fsp3) is 0.286. The number of halogens is 4. The summed E-state index contributed by atoms with van der Waals surface area (Å²) < 4.78 is 39.9. The maximum absolute atomic E-state index is 12.8. The first-order chi connectivity index (χ1) is 11.3. The average molecular weight is 374 g/mol. The van der Waals surface area contributed by atoms with Gasteiger partial charge in [0.15, 0.2) is 17.2 Å². The van der Waals surface area contributed by atoms with Gasteiger partial charge in [-0.15, -0.1) is 22.0 Å². The molecule has 0 bridgehead atoms. The molecule has 0 fully saturated rings. The van der Waals surface area contributed by atoms with Crippen LogP contribution < -0.4 is 0 Å². The molecule has 0 amide bonds. The van der Waals surface area contributed by atoms with Crippen LogP contribution >= 0.6 is 23.4 Å². The fourth-order valence-corrected chi connectivity index (χ4v) is 3.09. The molecule has 0 aliphatic heterocycles. The molecular formula is C14H11ClF3N5S. The summed E-state index contributed by atoms with van der Waals surface area (Å²) in [5.41, 5.74) is -0.235. The topological polar surface area (TPSA) is 56.5 Å². The van der Waals surface area contributed by atoms with Gasteiger partial charge in [0, 0.05) is 18.0 Å². The minimum absolute atomic E-state index is 0.101. The fourth-order valence-electron chi connectivity index (χ4n) is 2.19. The van der Waals surface area contributed by atoms with Crippen molar-refractivity contribution in [3.05, 3.63) is 29.0 Å². The predicted octanol–water partition coefficient (Wildman–Crippen LogP) is 4.21. The maximum Gasteiger partial charge on any atom is 0.435 e. The van der Waals surface area contributed by atoms with Crippen molar-refractivity contribution in [2.45, 2.75) is 18.0 Å². The van der Waals surface area contributed by atoms with Crippen LogP contribution in [0.3, 0.4) is 0 Å². The summed E-state index contributed by atoms with van der Waals surface area (Å²) >= 11 is 7.51. The van der Waals surface area contributed by atoms with E-state index in [9.17, 15) is 13.2 Å². The van der Waals surface area contributed by atoms with Crippen LogP contribution in [0.2, 0.25) is 5.15 Å². The molecule has 0 atom stereocenters. The van der Waals surface area contributed by atoms with Crippen molar-refractivity contribution in [1.82, 2.24) is 24.7 Å². The van der Waals surface area contributed by atoms with Crippen molar-refractivity contribution in [3.63, 3.8) is 0 Å². The van der Waals surface area contributed by atoms with Crippen LogP contribution in [0.15, 0.2) is 23.1 Å². The Hall–Kier alpha value is -1.87. The highest BCUT2D eigenvalue weighted by Gasteiger charge is 2.34. The van der Waals surface area contributed by atoms with Gasteiger partial charge in [0.05, 0.1) is 0 Å². The lowest BCUT2D eigenvalue weighted by Crippen LogP contribution is -2.09. The molecule has 3 rings (SSSR count). The second kappa shape index (κ2) is 6.21. The Morgan fingerprint density at radius 3 is 2.62 bits per heavy atom. The SMILES string of the molecule is CCSc1ccc(Cl)nc1-c1nc2cc(C(F)(F)F)nnc2n1C. The van der Waals surface area contributed by atoms with E-state index in [0.717, 1.165) is 16.7 Å². The van der Waals surface area contributed by atoms with E-state index in [4.69, 9.17) is 11.6 Å². The van der Waals surface area contributed by atoms with Crippen molar-refractivity contribution in [2.75, 3.05) is 5.75 Å². The highest BCUT2D eigenvalue weighted by Crippen LogP contribution is 2.33. The average Bonchev–Trinajstić information content (AvgIpc) is 2.85. The van der Waals surface area contributed by atoms with Gasteiger partial charge >= 0.3 is 6.18 Å². The summed E-state index contributed by atoms with van der Waals surface area (Å²) in [5, 5.41) is 7.17. The highest BCUT2D eigenvalue weighted by molar-refractivity contribution is 7.99. The van der Waals surface area contributed by atoms with Gasteiger partial charge in [-0.3, -0.25) is 0 Å². The minimum atomic E-state index is -4.57. The van der Waals surface area contributed by atoms with Crippen molar-refractivity contribution < 1.29 is 13.2 Å². The van der Waals surface area contributed by atoms with E-state index >= 15 is 0 Å². The van der Waals surface area contributed by atoms with E-state index in [2.05, 4.69) is 20.2 Å². The molecule has 0 aliphatic carbocycles. The van der Waals surface area contributed by atoms with Crippen LogP contribution in [0.25, 0.3) is 22.7 Å². The number of rotatable bonds is 3. The molecule has 0 aromatic carbocycles. The highest BCUT2D eigenvalue weighted by atomic mass is 35.5. The first-order valence-electron chi connectivity index (χ1n) is 6.88. The Morgan fingerprint density at radius 2 is 1.96 bits per heavy atom. The number of imidazole rings is 1. The van der Waals surface area contributed by atoms with E-state index in [1.54, 1.807) is 29.4 Å². The minimum Gasteiger partial charge on any atom is -0.309 e. The van der Waals surface area contributed by atoms with Crippen LogP contribution in [0, 0.1) is 0 Å². The molecule has 0 aliphatic rings. The molecule has 3 aromatic heterocycles. The second-order valence-corrected chi connectivity index (χ2v) is 6.54. The number of aryl methyl sites for hydroxylation is 1. The number of alkyl halides is 3. The lowest BCUT2D eigenvalue weighted by atomic mass is 10.3. The number of thioether (sulfide) groups is 1. The molecule has 0 saturated heterocycles. The molecule has 0 spiro atoms. The van der Waals surface area contributed by atoms with Gasteiger partial charge in [0.2, 0.25) is 0 Å². The van der Waals surface area contributed by atoms with E-state index < -0.39 is 11.9 Å². The maximum atomic E-state index is 12.8. The van der Waals surface area contributed by atoms with Gasteiger partial charge in [-0.05, 0) is 17.9 Å². The Balaban J connectivity index is 2.21. The van der Waals surface area contributed by atoms with Gasteiger partial charge in [0.1, 0.15) is 16.4 Å². The summed E-state index contributed by atoms with van der Waals surface area (Å²) in [6.07, 6.45) is -4.57. The van der Waals surface area contributed by atoms with Crippen molar-refractivity contribution in [1.29, 1.82) is 0 Å². The van der Waals surface area contributed by atoms with E-state index in [-0.39, 0.29) is 16.3 Å². The quantitative estimate of drug-likeness (QED) is 0.508. The predicted molar refractivity (Wildman–Crippen MR) is 85.9 cm³/mol. The Morgan fingerprint density at radius 1 is 1.21 bits per heavy atom. The number of pyridine rings is 1.